The van der Waals surface area contributed by atoms with E-state index in [0.29, 0.717) is 6.04 Å². The number of anilines is 1. The molecule has 0 saturated heterocycles. The average molecular weight is 482 g/mol. The minimum Gasteiger partial charge on any atom is -0.380 e. The number of fused-ring (bicyclic) bond motifs is 4. The minimum atomic E-state index is 0. The van der Waals surface area contributed by atoms with Crippen molar-refractivity contribution in [3.05, 3.63) is 47.5 Å². The second-order valence-electron chi connectivity index (χ2n) is 7.76. The second kappa shape index (κ2) is 11.2. The van der Waals surface area contributed by atoms with Gasteiger partial charge in [-0.05, 0) is 63.7 Å². The quantitative estimate of drug-likeness (QED) is 0.278. The van der Waals surface area contributed by atoms with Gasteiger partial charge in [-0.2, -0.15) is 0 Å². The van der Waals surface area contributed by atoms with Crippen molar-refractivity contribution >= 4 is 74.9 Å². The van der Waals surface area contributed by atoms with Gasteiger partial charge in [-0.3, -0.25) is 0 Å². The summed E-state index contributed by atoms with van der Waals surface area (Å²) in [6.45, 7) is 10.1. The normalized spacial score (nSPS) is 12.2. The first kappa shape index (κ1) is 25.5. The molecule has 4 aromatic rings. The summed E-state index contributed by atoms with van der Waals surface area (Å²) in [5.41, 5.74) is 5.21. The molecule has 0 aliphatic carbocycles. The molecule has 0 radical (unpaired) electrons. The Morgan fingerprint density at radius 2 is 1.81 bits per heavy atom. The van der Waals surface area contributed by atoms with E-state index >= 15 is 0 Å². The van der Waals surface area contributed by atoms with Gasteiger partial charge >= 0.3 is 0 Å². The van der Waals surface area contributed by atoms with E-state index in [1.165, 1.54) is 6.42 Å². The summed E-state index contributed by atoms with van der Waals surface area (Å²) in [4.78, 5) is 11.0. The Balaban J connectivity index is 0.00000171. The van der Waals surface area contributed by atoms with Crippen LogP contribution in [0.3, 0.4) is 0 Å². The van der Waals surface area contributed by atoms with Crippen LogP contribution in [0.4, 0.5) is 5.69 Å². The van der Waals surface area contributed by atoms with E-state index in [4.69, 9.17) is 16.6 Å². The summed E-state index contributed by atoms with van der Waals surface area (Å²) >= 11 is 6.26. The van der Waals surface area contributed by atoms with Crippen LogP contribution in [-0.4, -0.2) is 40.5 Å². The van der Waals surface area contributed by atoms with Crippen LogP contribution in [0.15, 0.2) is 42.5 Å². The SMILES string of the molecule is CCN(CC)CCCC(C)Nc1c2ccccc2nc2c1[nH]c1ccc(Cl)cc12.Cl.Cl. The molecular weight excluding hydrogens is 451 g/mol. The van der Waals surface area contributed by atoms with Crippen LogP contribution in [0.5, 0.6) is 0 Å². The second-order valence-corrected chi connectivity index (χ2v) is 8.19. The van der Waals surface area contributed by atoms with Gasteiger partial charge in [-0.25, -0.2) is 4.98 Å². The van der Waals surface area contributed by atoms with E-state index in [-0.39, 0.29) is 24.8 Å². The molecule has 0 aliphatic heterocycles. The molecule has 1 atom stereocenters. The van der Waals surface area contributed by atoms with Gasteiger partial charge in [0.2, 0.25) is 0 Å². The van der Waals surface area contributed by atoms with E-state index in [0.717, 1.165) is 69.6 Å². The molecule has 0 fully saturated rings. The maximum absolute atomic E-state index is 6.26. The van der Waals surface area contributed by atoms with Crippen molar-refractivity contribution < 1.29 is 0 Å². The van der Waals surface area contributed by atoms with Gasteiger partial charge in [-0.15, -0.1) is 24.8 Å². The van der Waals surface area contributed by atoms with Crippen LogP contribution < -0.4 is 5.32 Å². The first-order chi connectivity index (χ1) is 14.1. The zero-order valence-corrected chi connectivity index (χ0v) is 20.6. The van der Waals surface area contributed by atoms with Crippen molar-refractivity contribution in [1.29, 1.82) is 0 Å². The Kier molecular flexibility index (Phi) is 9.26. The predicted octanol–water partition coefficient (Wildman–Crippen LogP) is 7.29. The number of para-hydroxylation sites is 1. The lowest BCUT2D eigenvalue weighted by atomic mass is 10.1. The molecule has 1 unspecified atom stereocenters. The van der Waals surface area contributed by atoms with Crippen molar-refractivity contribution in [2.75, 3.05) is 25.0 Å². The summed E-state index contributed by atoms with van der Waals surface area (Å²) in [6.07, 6.45) is 2.31. The molecule has 168 valence electrons. The Hall–Kier alpha value is -1.72. The number of benzene rings is 2. The fraction of sp³-hybridized carbons (Fsp3) is 0.375. The van der Waals surface area contributed by atoms with Crippen LogP contribution in [0.1, 0.15) is 33.6 Å². The van der Waals surface area contributed by atoms with Gasteiger partial charge in [-0.1, -0.05) is 43.6 Å². The Bertz CT molecular complexity index is 1140. The molecule has 7 heteroatoms. The fourth-order valence-corrected chi connectivity index (χ4v) is 4.29. The van der Waals surface area contributed by atoms with Crippen molar-refractivity contribution in [2.24, 2.45) is 0 Å². The van der Waals surface area contributed by atoms with Gasteiger partial charge in [0.1, 0.15) is 0 Å². The van der Waals surface area contributed by atoms with Crippen LogP contribution in [0.25, 0.3) is 32.8 Å². The first-order valence-electron chi connectivity index (χ1n) is 10.6. The van der Waals surface area contributed by atoms with Gasteiger partial charge in [0.05, 0.1) is 22.2 Å². The zero-order valence-electron chi connectivity index (χ0n) is 18.2. The highest BCUT2D eigenvalue weighted by Gasteiger charge is 2.16. The Labute approximate surface area is 201 Å². The third kappa shape index (κ3) is 5.38. The van der Waals surface area contributed by atoms with Gasteiger partial charge < -0.3 is 15.2 Å². The maximum atomic E-state index is 6.26. The largest absolute Gasteiger partial charge is 0.380 e. The summed E-state index contributed by atoms with van der Waals surface area (Å²) < 4.78 is 0. The lowest BCUT2D eigenvalue weighted by Gasteiger charge is -2.21. The molecule has 2 aromatic carbocycles. The number of hydrogen-bond donors (Lipinski definition) is 2. The highest BCUT2D eigenvalue weighted by molar-refractivity contribution is 6.32. The highest BCUT2D eigenvalue weighted by Crippen LogP contribution is 2.36. The minimum absolute atomic E-state index is 0. The zero-order chi connectivity index (χ0) is 20.4. The molecule has 0 amide bonds. The molecule has 2 N–H and O–H groups in total. The van der Waals surface area contributed by atoms with E-state index < -0.39 is 0 Å². The third-order valence-corrected chi connectivity index (χ3v) is 6.02. The molecule has 2 heterocycles. The van der Waals surface area contributed by atoms with E-state index in [9.17, 15) is 0 Å². The molecule has 31 heavy (non-hydrogen) atoms. The Morgan fingerprint density at radius 3 is 2.55 bits per heavy atom. The number of hydrogen-bond acceptors (Lipinski definition) is 3. The molecule has 0 aliphatic rings. The smallest absolute Gasteiger partial charge is 0.0987 e. The Morgan fingerprint density at radius 1 is 1.06 bits per heavy atom. The average Bonchev–Trinajstić information content (AvgIpc) is 3.09. The molecule has 4 rings (SSSR count). The van der Waals surface area contributed by atoms with Crippen LogP contribution in [-0.2, 0) is 0 Å². The van der Waals surface area contributed by atoms with Crippen molar-refractivity contribution in [3.63, 3.8) is 0 Å². The van der Waals surface area contributed by atoms with Gasteiger partial charge in [0, 0.05) is 27.4 Å². The fourth-order valence-electron chi connectivity index (χ4n) is 4.11. The monoisotopic (exact) mass is 480 g/mol. The predicted molar refractivity (Wildman–Crippen MR) is 141 cm³/mol. The van der Waals surface area contributed by atoms with Crippen molar-refractivity contribution in [2.45, 2.75) is 39.7 Å². The maximum Gasteiger partial charge on any atom is 0.0987 e. The number of H-pyrrole nitrogens is 1. The number of aromatic nitrogens is 2. The molecule has 2 aromatic heterocycles. The number of pyridine rings is 1. The topological polar surface area (TPSA) is 44.0 Å². The molecule has 0 spiro atoms. The van der Waals surface area contributed by atoms with E-state index in [2.05, 4.69) is 54.2 Å². The van der Waals surface area contributed by atoms with E-state index in [1.54, 1.807) is 0 Å². The highest BCUT2D eigenvalue weighted by atomic mass is 35.5. The third-order valence-electron chi connectivity index (χ3n) is 5.79. The molecule has 4 nitrogen and oxygen atoms in total. The molecule has 0 bridgehead atoms. The number of aromatic amines is 1. The van der Waals surface area contributed by atoms with Gasteiger partial charge in [0.25, 0.3) is 0 Å². The number of rotatable bonds is 8. The summed E-state index contributed by atoms with van der Waals surface area (Å²) in [5, 5.41) is 6.73. The summed E-state index contributed by atoms with van der Waals surface area (Å²) in [5.74, 6) is 0. The van der Waals surface area contributed by atoms with Crippen LogP contribution >= 0.6 is 36.4 Å². The first-order valence-corrected chi connectivity index (χ1v) is 11.0. The summed E-state index contributed by atoms with van der Waals surface area (Å²) in [6, 6.07) is 14.7. The lowest BCUT2D eigenvalue weighted by molar-refractivity contribution is 0.295. The summed E-state index contributed by atoms with van der Waals surface area (Å²) in [7, 11) is 0. The number of nitrogens with zero attached hydrogens (tertiary/aromatic N) is 2. The lowest BCUT2D eigenvalue weighted by Crippen LogP contribution is -2.25. The number of nitrogens with one attached hydrogen (secondary N) is 2. The van der Waals surface area contributed by atoms with Crippen LogP contribution in [0, 0.1) is 0 Å². The van der Waals surface area contributed by atoms with Crippen LogP contribution in [0.2, 0.25) is 5.02 Å². The molecular formula is C24H31Cl3N4. The van der Waals surface area contributed by atoms with Crippen molar-refractivity contribution in [3.8, 4) is 0 Å². The number of halogens is 3. The van der Waals surface area contributed by atoms with E-state index in [1.807, 2.05) is 24.3 Å². The standard InChI is InChI=1S/C24H29ClN4.2ClH/c1-4-29(5-2)14-8-9-16(3)26-22-18-10-6-7-11-20(18)27-23-19-15-17(25)12-13-21(19)28-24(22)23;;/h6-7,10-13,15-16,28H,4-5,8-9,14H2,1-3H3,(H,26,27);2*1H. The van der Waals surface area contributed by atoms with Gasteiger partial charge in [0.15, 0.2) is 0 Å². The van der Waals surface area contributed by atoms with Crippen molar-refractivity contribution in [1.82, 2.24) is 14.9 Å². The molecule has 0 saturated carbocycles.